The van der Waals surface area contributed by atoms with Gasteiger partial charge in [0.25, 0.3) is 0 Å². The molecule has 1 rings (SSSR count). The van der Waals surface area contributed by atoms with Crippen molar-refractivity contribution in [2.75, 3.05) is 0 Å². The molecule has 0 aliphatic heterocycles. The van der Waals surface area contributed by atoms with Gasteiger partial charge in [-0.1, -0.05) is 42.5 Å². The molecule has 1 aromatic rings. The van der Waals surface area contributed by atoms with E-state index in [1.54, 1.807) is 13.0 Å². The van der Waals surface area contributed by atoms with E-state index in [-0.39, 0.29) is 0 Å². The van der Waals surface area contributed by atoms with Gasteiger partial charge >= 0.3 is 0 Å². The molecule has 0 saturated carbocycles. The van der Waals surface area contributed by atoms with E-state index in [1.807, 2.05) is 31.2 Å². The van der Waals surface area contributed by atoms with Crippen LogP contribution in [0.4, 0.5) is 0 Å². The summed E-state index contributed by atoms with van der Waals surface area (Å²) in [4.78, 5) is 0. The van der Waals surface area contributed by atoms with Crippen molar-refractivity contribution in [3.63, 3.8) is 0 Å². The lowest BCUT2D eigenvalue weighted by Gasteiger charge is -2.14. The molecule has 0 radical (unpaired) electrons. The Kier molecular flexibility index (Phi) is 3.69. The van der Waals surface area contributed by atoms with Crippen molar-refractivity contribution in [2.24, 2.45) is 5.73 Å². The Morgan fingerprint density at radius 2 is 1.93 bits per heavy atom. The van der Waals surface area contributed by atoms with Gasteiger partial charge in [0.1, 0.15) is 6.10 Å². The van der Waals surface area contributed by atoms with Crippen molar-refractivity contribution >= 4 is 0 Å². The summed E-state index contributed by atoms with van der Waals surface area (Å²) in [7, 11) is 0. The number of rotatable bonds is 3. The first-order valence-electron chi connectivity index (χ1n) is 4.89. The molecule has 1 unspecified atom stereocenters. The molecule has 80 valence electrons. The Hall–Kier alpha value is -1.54. The number of hydrogen-bond donors (Lipinski definition) is 2. The maximum absolute atomic E-state index is 10.0. The first-order valence-corrected chi connectivity index (χ1v) is 4.89. The van der Waals surface area contributed by atoms with Gasteiger partial charge < -0.3 is 10.8 Å². The molecule has 0 aromatic heterocycles. The van der Waals surface area contributed by atoms with Gasteiger partial charge in [-0.2, -0.15) is 0 Å². The summed E-state index contributed by atoms with van der Waals surface area (Å²) in [5.74, 6) is 0. The van der Waals surface area contributed by atoms with Crippen LogP contribution >= 0.6 is 0 Å². The van der Waals surface area contributed by atoms with Crippen LogP contribution in [0.1, 0.15) is 24.2 Å². The molecule has 0 saturated heterocycles. The van der Waals surface area contributed by atoms with Gasteiger partial charge in [-0.3, -0.25) is 0 Å². The molecule has 0 amide bonds. The lowest BCUT2D eigenvalue weighted by molar-refractivity contribution is 0.218. The molecule has 1 atom stereocenters. The lowest BCUT2D eigenvalue weighted by Crippen LogP contribution is -2.06. The van der Waals surface area contributed by atoms with Gasteiger partial charge in [0.05, 0.1) is 0 Å². The molecular formula is C13H17NO. The Morgan fingerprint density at radius 1 is 1.40 bits per heavy atom. The normalized spacial score (nSPS) is 14.3. The largest absolute Gasteiger partial charge is 0.402 e. The molecule has 3 N–H and O–H groups in total. The maximum Gasteiger partial charge on any atom is 0.106 e. The summed E-state index contributed by atoms with van der Waals surface area (Å²) in [6.45, 7) is 7.42. The quantitative estimate of drug-likeness (QED) is 0.741. The number of allylic oxidation sites excluding steroid dienone is 1. The molecule has 0 aliphatic carbocycles. The van der Waals surface area contributed by atoms with Gasteiger partial charge in [-0.25, -0.2) is 0 Å². The van der Waals surface area contributed by atoms with E-state index in [9.17, 15) is 5.11 Å². The number of hydrogen-bond acceptors (Lipinski definition) is 2. The number of aliphatic hydroxyl groups is 1. The predicted octanol–water partition coefficient (Wildman–Crippen LogP) is 2.45. The van der Waals surface area contributed by atoms with Gasteiger partial charge in [-0.15, -0.1) is 0 Å². The molecule has 0 spiro atoms. The summed E-state index contributed by atoms with van der Waals surface area (Å²) >= 11 is 0. The number of aliphatic hydroxyl groups excluding tert-OH is 1. The second-order valence-corrected chi connectivity index (χ2v) is 3.66. The van der Waals surface area contributed by atoms with Crippen LogP contribution in [-0.4, -0.2) is 5.11 Å². The highest BCUT2D eigenvalue weighted by Crippen LogP contribution is 2.23. The Bertz CT molecular complexity index is 372. The van der Waals surface area contributed by atoms with Crippen molar-refractivity contribution in [1.82, 2.24) is 0 Å². The van der Waals surface area contributed by atoms with Crippen molar-refractivity contribution in [3.8, 4) is 0 Å². The molecular weight excluding hydrogens is 186 g/mol. The van der Waals surface area contributed by atoms with E-state index in [4.69, 9.17) is 5.73 Å². The predicted molar refractivity (Wildman–Crippen MR) is 63.2 cm³/mol. The van der Waals surface area contributed by atoms with Crippen LogP contribution < -0.4 is 5.73 Å². The molecule has 1 aromatic carbocycles. The molecule has 0 heterocycles. The first kappa shape index (κ1) is 11.5. The fraction of sp³-hybridized carbons (Fsp3) is 0.231. The highest BCUT2D eigenvalue weighted by Gasteiger charge is 2.11. The average molecular weight is 203 g/mol. The molecule has 0 bridgehead atoms. The van der Waals surface area contributed by atoms with Crippen molar-refractivity contribution in [2.45, 2.75) is 20.0 Å². The Morgan fingerprint density at radius 3 is 2.33 bits per heavy atom. The minimum absolute atomic E-state index is 0.595. The zero-order valence-electron chi connectivity index (χ0n) is 9.20. The second-order valence-electron chi connectivity index (χ2n) is 3.66. The van der Waals surface area contributed by atoms with E-state index in [2.05, 4.69) is 6.58 Å². The highest BCUT2D eigenvalue weighted by molar-refractivity contribution is 5.34. The maximum atomic E-state index is 10.0. The third kappa shape index (κ3) is 2.70. The molecule has 2 nitrogen and oxygen atoms in total. The van der Waals surface area contributed by atoms with E-state index in [0.29, 0.717) is 11.3 Å². The smallest absolute Gasteiger partial charge is 0.106 e. The van der Waals surface area contributed by atoms with Crippen LogP contribution in [0.3, 0.4) is 0 Å². The van der Waals surface area contributed by atoms with Crippen molar-refractivity contribution in [3.05, 3.63) is 59.3 Å². The SMILES string of the molecule is C=C/C(=C(\C)N)C(O)c1ccc(C)cc1. The zero-order chi connectivity index (χ0) is 11.4. The first-order chi connectivity index (χ1) is 7.06. The van der Waals surface area contributed by atoms with E-state index >= 15 is 0 Å². The zero-order valence-corrected chi connectivity index (χ0v) is 9.20. The lowest BCUT2D eigenvalue weighted by atomic mass is 9.99. The van der Waals surface area contributed by atoms with Crippen LogP contribution in [0, 0.1) is 6.92 Å². The summed E-state index contributed by atoms with van der Waals surface area (Å²) in [5, 5.41) is 10.0. The third-order valence-electron chi connectivity index (χ3n) is 2.36. The van der Waals surface area contributed by atoms with E-state index < -0.39 is 6.10 Å². The second kappa shape index (κ2) is 4.80. The molecule has 0 aliphatic rings. The Balaban J connectivity index is 3.03. The van der Waals surface area contributed by atoms with Gasteiger partial charge in [0, 0.05) is 11.3 Å². The van der Waals surface area contributed by atoms with Crippen molar-refractivity contribution < 1.29 is 5.11 Å². The monoisotopic (exact) mass is 203 g/mol. The van der Waals surface area contributed by atoms with Gasteiger partial charge in [0.2, 0.25) is 0 Å². The van der Waals surface area contributed by atoms with Crippen LogP contribution in [0.15, 0.2) is 48.2 Å². The van der Waals surface area contributed by atoms with Crippen LogP contribution in [0.25, 0.3) is 0 Å². The minimum Gasteiger partial charge on any atom is -0.402 e. The summed E-state index contributed by atoms with van der Waals surface area (Å²) in [6, 6.07) is 7.72. The van der Waals surface area contributed by atoms with Crippen LogP contribution in [0.2, 0.25) is 0 Å². The number of nitrogens with two attached hydrogens (primary N) is 1. The fourth-order valence-corrected chi connectivity index (χ4v) is 1.42. The number of benzene rings is 1. The standard InChI is InChI=1S/C13H17NO/c1-4-12(10(3)14)13(15)11-7-5-9(2)6-8-11/h4-8,13,15H,1,14H2,2-3H3/b12-10-. The summed E-state index contributed by atoms with van der Waals surface area (Å²) < 4.78 is 0. The summed E-state index contributed by atoms with van der Waals surface area (Å²) in [5.41, 5.74) is 8.92. The summed E-state index contributed by atoms with van der Waals surface area (Å²) in [6.07, 6.45) is 0.910. The molecule has 0 fully saturated rings. The molecule has 2 heteroatoms. The van der Waals surface area contributed by atoms with Gasteiger partial charge in [-0.05, 0) is 19.4 Å². The molecule has 15 heavy (non-hydrogen) atoms. The van der Waals surface area contributed by atoms with E-state index in [0.717, 1.165) is 5.56 Å². The third-order valence-corrected chi connectivity index (χ3v) is 2.36. The number of aryl methyl sites for hydroxylation is 1. The average Bonchev–Trinajstić information content (AvgIpc) is 2.19. The van der Waals surface area contributed by atoms with Crippen LogP contribution in [0.5, 0.6) is 0 Å². The van der Waals surface area contributed by atoms with Crippen molar-refractivity contribution in [1.29, 1.82) is 0 Å². The highest BCUT2D eigenvalue weighted by atomic mass is 16.3. The van der Waals surface area contributed by atoms with Gasteiger partial charge in [0.15, 0.2) is 0 Å². The van der Waals surface area contributed by atoms with Crippen LogP contribution in [-0.2, 0) is 0 Å². The fourth-order valence-electron chi connectivity index (χ4n) is 1.42. The minimum atomic E-state index is -0.687. The van der Waals surface area contributed by atoms with E-state index in [1.165, 1.54) is 5.56 Å². The Labute approximate surface area is 90.7 Å². The topological polar surface area (TPSA) is 46.2 Å².